The van der Waals surface area contributed by atoms with Crippen LogP contribution in [0.15, 0.2) is 0 Å². The van der Waals surface area contributed by atoms with E-state index in [0.717, 1.165) is 0 Å². The Bertz CT molecular complexity index is 391. The van der Waals surface area contributed by atoms with Gasteiger partial charge in [-0.3, -0.25) is 0 Å². The summed E-state index contributed by atoms with van der Waals surface area (Å²) in [6.45, 7) is 0.342. The maximum Gasteiger partial charge on any atom is 0.460 e. The molecule has 0 bridgehead atoms. The summed E-state index contributed by atoms with van der Waals surface area (Å²) in [6.07, 6.45) is -12.9. The molecular formula is C9H7F13. The van der Waals surface area contributed by atoms with E-state index in [1.54, 1.807) is 0 Å². The van der Waals surface area contributed by atoms with E-state index in [0.29, 0.717) is 6.92 Å². The molecule has 0 aliphatic heterocycles. The van der Waals surface area contributed by atoms with Gasteiger partial charge in [0.05, 0.1) is 6.42 Å². The Morgan fingerprint density at radius 2 is 0.864 bits per heavy atom. The van der Waals surface area contributed by atoms with Gasteiger partial charge >= 0.3 is 35.8 Å². The molecule has 0 aliphatic carbocycles. The van der Waals surface area contributed by atoms with E-state index in [1.165, 1.54) is 0 Å². The van der Waals surface area contributed by atoms with Crippen molar-refractivity contribution in [1.29, 1.82) is 0 Å². The third-order valence-electron chi connectivity index (χ3n) is 2.63. The highest BCUT2D eigenvalue weighted by atomic mass is 19.4. The Morgan fingerprint density at radius 3 is 1.14 bits per heavy atom. The van der Waals surface area contributed by atoms with Gasteiger partial charge in [-0.25, -0.2) is 0 Å². The van der Waals surface area contributed by atoms with Crippen LogP contribution in [-0.2, 0) is 0 Å². The van der Waals surface area contributed by atoms with Crippen molar-refractivity contribution in [1.82, 2.24) is 0 Å². The van der Waals surface area contributed by atoms with E-state index < -0.39 is 48.6 Å². The normalized spacial score (nSPS) is 16.1. The fraction of sp³-hybridized carbons (Fsp3) is 1.00. The second kappa shape index (κ2) is 5.32. The fourth-order valence-electron chi connectivity index (χ4n) is 1.19. The molecule has 134 valence electrons. The van der Waals surface area contributed by atoms with Gasteiger partial charge in [0, 0.05) is 6.42 Å². The second-order valence-corrected chi connectivity index (χ2v) is 4.29. The molecule has 0 saturated carbocycles. The Hall–Kier alpha value is -0.910. The zero-order chi connectivity index (χ0) is 18.4. The zero-order valence-electron chi connectivity index (χ0n) is 10.3. The smallest absolute Gasteiger partial charge is 0.200 e. The molecule has 0 saturated heterocycles. The molecule has 0 aromatic rings. The summed E-state index contributed by atoms with van der Waals surface area (Å²) >= 11 is 0. The van der Waals surface area contributed by atoms with Crippen LogP contribution < -0.4 is 0 Å². The molecule has 0 spiro atoms. The number of alkyl halides is 13. The predicted octanol–water partition coefficient (Wildman–Crippen LogP) is 5.53. The molecule has 0 unspecified atom stereocenters. The van der Waals surface area contributed by atoms with Gasteiger partial charge in [-0.05, 0) is 0 Å². The van der Waals surface area contributed by atoms with Crippen molar-refractivity contribution in [3.8, 4) is 0 Å². The van der Waals surface area contributed by atoms with Crippen LogP contribution in [0, 0.1) is 0 Å². The molecule has 0 heterocycles. The standard InChI is InChI=1S/C9H7F13/c1-2-4(10,11)5(12,13)3-6(14,15)7(16,17)8(18,19)9(20,21)22/h2-3H2,1H3. The summed E-state index contributed by atoms with van der Waals surface area (Å²) < 4.78 is 162. The van der Waals surface area contributed by atoms with Crippen molar-refractivity contribution < 1.29 is 57.1 Å². The Morgan fingerprint density at radius 1 is 0.500 bits per heavy atom. The monoisotopic (exact) mass is 362 g/mol. The minimum atomic E-state index is -7.40. The predicted molar refractivity (Wildman–Crippen MR) is 45.7 cm³/mol. The first kappa shape index (κ1) is 21.1. The average molecular weight is 362 g/mol. The van der Waals surface area contributed by atoms with Crippen LogP contribution >= 0.6 is 0 Å². The van der Waals surface area contributed by atoms with Crippen LogP contribution in [0.1, 0.15) is 19.8 Å². The Kier molecular flexibility index (Phi) is 5.10. The number of hydrogen-bond donors (Lipinski definition) is 0. The van der Waals surface area contributed by atoms with Gasteiger partial charge in [-0.2, -0.15) is 57.1 Å². The van der Waals surface area contributed by atoms with Gasteiger partial charge in [0.2, 0.25) is 0 Å². The molecule has 0 radical (unpaired) electrons. The lowest BCUT2D eigenvalue weighted by atomic mass is 9.94. The summed E-state index contributed by atoms with van der Waals surface area (Å²) in [6, 6.07) is 0. The van der Waals surface area contributed by atoms with Crippen LogP contribution in [0.3, 0.4) is 0 Å². The SMILES string of the molecule is CCC(F)(F)C(F)(F)CC(F)(F)C(F)(F)C(F)(F)C(F)(F)F. The molecule has 0 rings (SSSR count). The minimum Gasteiger partial charge on any atom is -0.200 e. The average Bonchev–Trinajstić information content (AvgIpc) is 2.25. The highest BCUT2D eigenvalue weighted by Gasteiger charge is 2.83. The second-order valence-electron chi connectivity index (χ2n) is 4.29. The summed E-state index contributed by atoms with van der Waals surface area (Å²) in [5.41, 5.74) is 0. The molecule has 0 fully saturated rings. The van der Waals surface area contributed by atoms with E-state index >= 15 is 0 Å². The van der Waals surface area contributed by atoms with Crippen molar-refractivity contribution >= 4 is 0 Å². The van der Waals surface area contributed by atoms with E-state index in [9.17, 15) is 57.1 Å². The van der Waals surface area contributed by atoms with Crippen LogP contribution in [0.2, 0.25) is 0 Å². The molecule has 0 aliphatic rings. The van der Waals surface area contributed by atoms with Gasteiger partial charge in [0.15, 0.2) is 0 Å². The van der Waals surface area contributed by atoms with Gasteiger partial charge in [-0.1, -0.05) is 6.92 Å². The molecule has 0 aromatic carbocycles. The number of rotatable bonds is 6. The molecule has 13 heteroatoms. The molecule has 22 heavy (non-hydrogen) atoms. The minimum absolute atomic E-state index is 0.342. The third-order valence-corrected chi connectivity index (χ3v) is 2.63. The van der Waals surface area contributed by atoms with Gasteiger partial charge in [-0.15, -0.1) is 0 Å². The van der Waals surface area contributed by atoms with Gasteiger partial charge in [0.1, 0.15) is 0 Å². The Balaban J connectivity index is 5.75. The van der Waals surface area contributed by atoms with Gasteiger partial charge < -0.3 is 0 Å². The maximum atomic E-state index is 12.8. The maximum absolute atomic E-state index is 12.8. The lowest BCUT2D eigenvalue weighted by molar-refractivity contribution is -0.404. The van der Waals surface area contributed by atoms with E-state index in [-0.39, 0.29) is 0 Å². The molecule has 0 nitrogen and oxygen atoms in total. The molecular weight excluding hydrogens is 355 g/mol. The first-order valence-corrected chi connectivity index (χ1v) is 5.22. The van der Waals surface area contributed by atoms with E-state index in [1.807, 2.05) is 0 Å². The lowest BCUT2D eigenvalue weighted by Crippen LogP contribution is -2.62. The quantitative estimate of drug-likeness (QED) is 0.546. The highest BCUT2D eigenvalue weighted by Crippen LogP contribution is 2.56. The summed E-state index contributed by atoms with van der Waals surface area (Å²) in [5.74, 6) is -32.8. The molecule has 0 amide bonds. The largest absolute Gasteiger partial charge is 0.460 e. The first-order chi connectivity index (χ1) is 9.27. The van der Waals surface area contributed by atoms with E-state index in [4.69, 9.17) is 0 Å². The first-order valence-electron chi connectivity index (χ1n) is 5.22. The number of hydrogen-bond acceptors (Lipinski definition) is 0. The topological polar surface area (TPSA) is 0 Å². The highest BCUT2D eigenvalue weighted by molar-refractivity contribution is 5.03. The van der Waals surface area contributed by atoms with Crippen molar-refractivity contribution in [2.75, 3.05) is 0 Å². The fourth-order valence-corrected chi connectivity index (χ4v) is 1.19. The third kappa shape index (κ3) is 3.21. The van der Waals surface area contributed by atoms with Crippen molar-refractivity contribution in [3.05, 3.63) is 0 Å². The van der Waals surface area contributed by atoms with E-state index in [2.05, 4.69) is 0 Å². The van der Waals surface area contributed by atoms with Gasteiger partial charge in [0.25, 0.3) is 0 Å². The van der Waals surface area contributed by atoms with Crippen molar-refractivity contribution in [2.45, 2.75) is 55.6 Å². The summed E-state index contributed by atoms with van der Waals surface area (Å²) in [4.78, 5) is 0. The molecule has 0 atom stereocenters. The molecule has 0 aromatic heterocycles. The van der Waals surface area contributed by atoms with Crippen LogP contribution in [0.4, 0.5) is 57.1 Å². The molecule has 0 N–H and O–H groups in total. The summed E-state index contributed by atoms with van der Waals surface area (Å²) in [7, 11) is 0. The summed E-state index contributed by atoms with van der Waals surface area (Å²) in [5, 5.41) is 0. The van der Waals surface area contributed by atoms with Crippen molar-refractivity contribution in [3.63, 3.8) is 0 Å². The number of halogens is 13. The zero-order valence-corrected chi connectivity index (χ0v) is 10.3. The lowest BCUT2D eigenvalue weighted by Gasteiger charge is -2.36. The Labute approximate surface area is 114 Å². The van der Waals surface area contributed by atoms with Crippen LogP contribution in [0.25, 0.3) is 0 Å². The van der Waals surface area contributed by atoms with Crippen LogP contribution in [0.5, 0.6) is 0 Å². The van der Waals surface area contributed by atoms with Crippen LogP contribution in [-0.4, -0.2) is 35.8 Å². The van der Waals surface area contributed by atoms with Crippen molar-refractivity contribution in [2.24, 2.45) is 0 Å².